The average Bonchev–Trinajstić information content (AvgIpc) is 2.84. The summed E-state index contributed by atoms with van der Waals surface area (Å²) in [5.41, 5.74) is 4.42. The minimum Gasteiger partial charge on any atom is -0.478 e. The van der Waals surface area contributed by atoms with Gasteiger partial charge in [-0.2, -0.15) is 0 Å². The number of imide groups is 1. The van der Waals surface area contributed by atoms with Crippen LogP contribution in [0, 0.1) is 0 Å². The molecule has 9 heteroatoms. The molecule has 0 radical (unpaired) electrons. The molecule has 0 aliphatic carbocycles. The van der Waals surface area contributed by atoms with Gasteiger partial charge in [0.15, 0.2) is 0 Å². The van der Waals surface area contributed by atoms with Gasteiger partial charge in [0.1, 0.15) is 0 Å². The number of amides is 3. The number of carbonyl (C=O) groups excluding carboxylic acids is 4. The summed E-state index contributed by atoms with van der Waals surface area (Å²) < 4.78 is 0. The Hall–Kier alpha value is -3.49. The number of nitrogens with zero attached hydrogens (tertiary/aromatic N) is 1. The van der Waals surface area contributed by atoms with E-state index >= 15 is 0 Å². The number of benzene rings is 1. The van der Waals surface area contributed by atoms with Gasteiger partial charge in [-0.3, -0.25) is 14.4 Å². The fourth-order valence-corrected chi connectivity index (χ4v) is 2.08. The first-order valence-corrected chi connectivity index (χ1v) is 6.73. The van der Waals surface area contributed by atoms with E-state index in [0.29, 0.717) is 6.08 Å². The molecule has 0 bridgehead atoms. The zero-order valence-corrected chi connectivity index (χ0v) is 12.2. The van der Waals surface area contributed by atoms with E-state index in [-0.39, 0.29) is 29.0 Å². The van der Waals surface area contributed by atoms with Crippen molar-refractivity contribution in [2.45, 2.75) is 12.8 Å². The van der Waals surface area contributed by atoms with E-state index in [4.69, 9.17) is 5.73 Å². The molecule has 24 heavy (non-hydrogen) atoms. The zero-order valence-electron chi connectivity index (χ0n) is 12.2. The van der Waals surface area contributed by atoms with Gasteiger partial charge < -0.3 is 15.7 Å². The first-order valence-electron chi connectivity index (χ1n) is 6.73. The number of rotatable bonds is 5. The van der Waals surface area contributed by atoms with Crippen molar-refractivity contribution in [3.63, 3.8) is 0 Å². The van der Waals surface area contributed by atoms with Crippen LogP contribution >= 0.6 is 0 Å². The standard InChI is InChI=1S/C15H12N2O7/c16-14(21)9-4-2-1-3-8(9)10(15(22)23)7-13(20)24-17-11(18)5-6-12(17)19/h1-4,7H,5-6H2,(H2,16,21)(H,22,23)/b10-7-. The second kappa shape index (κ2) is 6.73. The van der Waals surface area contributed by atoms with Crippen LogP contribution in [-0.2, 0) is 24.0 Å². The summed E-state index contributed by atoms with van der Waals surface area (Å²) in [5, 5.41) is 9.56. The summed E-state index contributed by atoms with van der Waals surface area (Å²) in [6.07, 6.45) is 0.390. The highest BCUT2D eigenvalue weighted by Crippen LogP contribution is 2.20. The SMILES string of the molecule is NC(=O)c1ccccc1/C(=C/C(=O)ON1C(=O)CCC1=O)C(=O)O. The molecular weight excluding hydrogens is 320 g/mol. The summed E-state index contributed by atoms with van der Waals surface area (Å²) in [6, 6.07) is 5.52. The lowest BCUT2D eigenvalue weighted by Gasteiger charge is -2.12. The van der Waals surface area contributed by atoms with E-state index in [1.165, 1.54) is 24.3 Å². The van der Waals surface area contributed by atoms with Crippen molar-refractivity contribution in [3.05, 3.63) is 41.5 Å². The minimum absolute atomic E-state index is 0.0893. The van der Waals surface area contributed by atoms with Crippen LogP contribution in [0.2, 0.25) is 0 Å². The Balaban J connectivity index is 2.34. The number of primary amides is 1. The first kappa shape index (κ1) is 16.9. The molecule has 9 nitrogen and oxygen atoms in total. The second-order valence-electron chi connectivity index (χ2n) is 4.77. The molecule has 0 atom stereocenters. The van der Waals surface area contributed by atoms with Crippen LogP contribution in [-0.4, -0.2) is 39.8 Å². The van der Waals surface area contributed by atoms with Crippen LogP contribution in [0.5, 0.6) is 0 Å². The molecule has 1 aliphatic heterocycles. The molecule has 1 aliphatic rings. The van der Waals surface area contributed by atoms with Crippen LogP contribution in [0.25, 0.3) is 5.57 Å². The third-order valence-electron chi connectivity index (χ3n) is 3.16. The van der Waals surface area contributed by atoms with Gasteiger partial charge in [-0.1, -0.05) is 18.2 Å². The second-order valence-corrected chi connectivity index (χ2v) is 4.77. The Kier molecular flexibility index (Phi) is 4.73. The van der Waals surface area contributed by atoms with E-state index < -0.39 is 35.2 Å². The molecule has 124 valence electrons. The van der Waals surface area contributed by atoms with Crippen molar-refractivity contribution in [1.29, 1.82) is 0 Å². The van der Waals surface area contributed by atoms with Gasteiger partial charge in [0.05, 0.1) is 5.57 Å². The molecule has 1 fully saturated rings. The Bertz CT molecular complexity index is 766. The fourth-order valence-electron chi connectivity index (χ4n) is 2.08. The van der Waals surface area contributed by atoms with Gasteiger partial charge in [0.25, 0.3) is 11.8 Å². The number of hydrogen-bond acceptors (Lipinski definition) is 6. The largest absolute Gasteiger partial charge is 0.478 e. The molecule has 3 N–H and O–H groups in total. The monoisotopic (exact) mass is 332 g/mol. The number of aliphatic carboxylic acids is 1. The minimum atomic E-state index is -1.51. The maximum atomic E-state index is 11.8. The van der Waals surface area contributed by atoms with E-state index in [1.807, 2.05) is 0 Å². The van der Waals surface area contributed by atoms with Crippen LogP contribution in [0.3, 0.4) is 0 Å². The summed E-state index contributed by atoms with van der Waals surface area (Å²) in [6.45, 7) is 0. The lowest BCUT2D eigenvalue weighted by molar-refractivity contribution is -0.193. The predicted molar refractivity (Wildman–Crippen MR) is 77.8 cm³/mol. The number of carboxylic acids is 1. The number of carbonyl (C=O) groups is 5. The van der Waals surface area contributed by atoms with Gasteiger partial charge in [0.2, 0.25) is 5.91 Å². The van der Waals surface area contributed by atoms with Gasteiger partial charge in [-0.05, 0) is 6.07 Å². The van der Waals surface area contributed by atoms with E-state index in [0.717, 1.165) is 0 Å². The molecule has 1 aromatic rings. The highest BCUT2D eigenvalue weighted by atomic mass is 16.7. The van der Waals surface area contributed by atoms with Crippen LogP contribution in [0.1, 0.15) is 28.8 Å². The van der Waals surface area contributed by atoms with Gasteiger partial charge in [-0.15, -0.1) is 5.06 Å². The number of hydrogen-bond donors (Lipinski definition) is 2. The molecule has 0 saturated carbocycles. The highest BCUT2D eigenvalue weighted by Gasteiger charge is 2.32. The Morgan fingerprint density at radius 2 is 1.62 bits per heavy atom. The third-order valence-corrected chi connectivity index (χ3v) is 3.16. The summed E-state index contributed by atoms with van der Waals surface area (Å²) in [5.74, 6) is -5.03. The summed E-state index contributed by atoms with van der Waals surface area (Å²) in [4.78, 5) is 62.0. The maximum absolute atomic E-state index is 11.8. The maximum Gasteiger partial charge on any atom is 0.357 e. The molecule has 1 aromatic carbocycles. The third kappa shape index (κ3) is 3.46. The van der Waals surface area contributed by atoms with Crippen molar-refractivity contribution >= 4 is 35.2 Å². The molecule has 2 rings (SSSR count). The lowest BCUT2D eigenvalue weighted by atomic mass is 9.99. The van der Waals surface area contributed by atoms with E-state index in [2.05, 4.69) is 4.84 Å². The topological polar surface area (TPSA) is 144 Å². The van der Waals surface area contributed by atoms with Crippen molar-refractivity contribution in [2.75, 3.05) is 0 Å². The molecule has 0 aromatic heterocycles. The normalized spacial score (nSPS) is 14.7. The van der Waals surface area contributed by atoms with Crippen molar-refractivity contribution in [2.24, 2.45) is 5.73 Å². The quantitative estimate of drug-likeness (QED) is 0.564. The fraction of sp³-hybridized carbons (Fsp3) is 0.133. The molecular formula is C15H12N2O7. The Labute approximate surface area is 135 Å². The number of hydroxylamine groups is 2. The molecule has 0 unspecified atom stereocenters. The van der Waals surface area contributed by atoms with E-state index in [9.17, 15) is 29.1 Å². The summed E-state index contributed by atoms with van der Waals surface area (Å²) >= 11 is 0. The molecule has 0 spiro atoms. The molecule has 1 saturated heterocycles. The van der Waals surface area contributed by atoms with Crippen LogP contribution < -0.4 is 5.73 Å². The number of nitrogens with two attached hydrogens (primary N) is 1. The van der Waals surface area contributed by atoms with Crippen LogP contribution in [0.15, 0.2) is 30.3 Å². The van der Waals surface area contributed by atoms with Gasteiger partial charge >= 0.3 is 11.9 Å². The Morgan fingerprint density at radius 3 is 2.12 bits per heavy atom. The zero-order chi connectivity index (χ0) is 17.9. The first-order chi connectivity index (χ1) is 11.3. The average molecular weight is 332 g/mol. The van der Waals surface area contributed by atoms with E-state index in [1.54, 1.807) is 0 Å². The van der Waals surface area contributed by atoms with Crippen molar-refractivity contribution in [3.8, 4) is 0 Å². The molecule has 1 heterocycles. The highest BCUT2D eigenvalue weighted by molar-refractivity contribution is 6.22. The molecule has 3 amide bonds. The van der Waals surface area contributed by atoms with Crippen molar-refractivity contribution < 1.29 is 33.9 Å². The Morgan fingerprint density at radius 1 is 1.08 bits per heavy atom. The van der Waals surface area contributed by atoms with Gasteiger partial charge in [0, 0.05) is 30.0 Å². The number of carboxylic acid groups (broad SMARTS) is 1. The van der Waals surface area contributed by atoms with Gasteiger partial charge in [-0.25, -0.2) is 9.59 Å². The predicted octanol–water partition coefficient (Wildman–Crippen LogP) is -0.139. The summed E-state index contributed by atoms with van der Waals surface area (Å²) in [7, 11) is 0. The van der Waals surface area contributed by atoms with Crippen molar-refractivity contribution in [1.82, 2.24) is 5.06 Å². The smallest absolute Gasteiger partial charge is 0.357 e. The van der Waals surface area contributed by atoms with Crippen LogP contribution in [0.4, 0.5) is 0 Å². The lowest BCUT2D eigenvalue weighted by Crippen LogP contribution is -2.31.